The van der Waals surface area contributed by atoms with Gasteiger partial charge in [0.15, 0.2) is 0 Å². The topological polar surface area (TPSA) is 49.8 Å². The third-order valence-corrected chi connectivity index (χ3v) is 3.35. The van der Waals surface area contributed by atoms with Crippen LogP contribution in [0.3, 0.4) is 0 Å². The molecule has 1 aromatic heterocycles. The lowest BCUT2D eigenvalue weighted by Crippen LogP contribution is -2.07. The van der Waals surface area contributed by atoms with Gasteiger partial charge in [-0.25, -0.2) is 18.7 Å². The highest BCUT2D eigenvalue weighted by atomic mass is 79.9. The van der Waals surface area contributed by atoms with Gasteiger partial charge in [0.05, 0.1) is 0 Å². The third kappa shape index (κ3) is 3.41. The summed E-state index contributed by atoms with van der Waals surface area (Å²) in [6.45, 7) is 2.88. The zero-order valence-corrected chi connectivity index (χ0v) is 12.3. The molecular weight excluding hydrogens is 330 g/mol. The monoisotopic (exact) mass is 342 g/mol. The van der Waals surface area contributed by atoms with Crippen molar-refractivity contribution in [3.05, 3.63) is 46.2 Å². The summed E-state index contributed by atoms with van der Waals surface area (Å²) in [6.07, 6.45) is 1.41. The first kappa shape index (κ1) is 14.6. The SMILES string of the molecule is CCNc1ncnc(NCc2ccc(F)cc2F)c1Br. The molecule has 0 spiro atoms. The lowest BCUT2D eigenvalue weighted by molar-refractivity contribution is 0.574. The minimum Gasteiger partial charge on any atom is -0.369 e. The highest BCUT2D eigenvalue weighted by molar-refractivity contribution is 9.10. The lowest BCUT2D eigenvalue weighted by Gasteiger charge is -2.11. The van der Waals surface area contributed by atoms with Crippen molar-refractivity contribution in [3.8, 4) is 0 Å². The van der Waals surface area contributed by atoms with E-state index < -0.39 is 11.6 Å². The number of aromatic nitrogens is 2. The van der Waals surface area contributed by atoms with Gasteiger partial charge in [-0.05, 0) is 28.9 Å². The number of hydrogen-bond acceptors (Lipinski definition) is 4. The molecule has 0 bridgehead atoms. The van der Waals surface area contributed by atoms with Crippen molar-refractivity contribution in [2.24, 2.45) is 0 Å². The van der Waals surface area contributed by atoms with Gasteiger partial charge >= 0.3 is 0 Å². The Balaban J connectivity index is 2.12. The number of nitrogens with zero attached hydrogens (tertiary/aromatic N) is 2. The molecule has 106 valence electrons. The van der Waals surface area contributed by atoms with E-state index in [1.807, 2.05) is 6.92 Å². The average molecular weight is 343 g/mol. The summed E-state index contributed by atoms with van der Waals surface area (Å²) in [4.78, 5) is 8.16. The standard InChI is InChI=1S/C13H13BrF2N4/c1-2-17-12-11(14)13(20-7-19-12)18-6-8-3-4-9(15)5-10(8)16/h3-5,7H,2,6H2,1H3,(H2,17,18,19,20). The van der Waals surface area contributed by atoms with Crippen LogP contribution in [0.1, 0.15) is 12.5 Å². The van der Waals surface area contributed by atoms with Gasteiger partial charge in [-0.2, -0.15) is 0 Å². The Morgan fingerprint density at radius 2 is 1.85 bits per heavy atom. The van der Waals surface area contributed by atoms with Crippen LogP contribution in [0.2, 0.25) is 0 Å². The number of benzene rings is 1. The molecular formula is C13H13BrF2N4. The Kier molecular flexibility index (Phi) is 4.84. The largest absolute Gasteiger partial charge is 0.369 e. The number of anilines is 2. The van der Waals surface area contributed by atoms with Gasteiger partial charge in [0.25, 0.3) is 0 Å². The molecule has 2 aromatic rings. The molecule has 1 heterocycles. The molecule has 0 unspecified atom stereocenters. The van der Waals surface area contributed by atoms with Crippen LogP contribution in [-0.4, -0.2) is 16.5 Å². The van der Waals surface area contributed by atoms with Crippen LogP contribution in [0, 0.1) is 11.6 Å². The van der Waals surface area contributed by atoms with Crippen LogP contribution >= 0.6 is 15.9 Å². The predicted octanol–water partition coefficient (Wildman–Crippen LogP) is 3.56. The van der Waals surface area contributed by atoms with Gasteiger partial charge in [-0.15, -0.1) is 0 Å². The Bertz CT molecular complexity index is 607. The lowest BCUT2D eigenvalue weighted by atomic mass is 10.2. The third-order valence-electron chi connectivity index (χ3n) is 2.60. The Labute approximate surface area is 123 Å². The highest BCUT2D eigenvalue weighted by Gasteiger charge is 2.09. The Morgan fingerprint density at radius 3 is 2.50 bits per heavy atom. The number of rotatable bonds is 5. The van der Waals surface area contributed by atoms with Gasteiger partial charge in [0.1, 0.15) is 34.1 Å². The second-order valence-electron chi connectivity index (χ2n) is 4.00. The predicted molar refractivity (Wildman–Crippen MR) is 77.6 cm³/mol. The quantitative estimate of drug-likeness (QED) is 0.872. The van der Waals surface area contributed by atoms with Crippen molar-refractivity contribution in [2.75, 3.05) is 17.2 Å². The molecule has 7 heteroatoms. The fourth-order valence-corrected chi connectivity index (χ4v) is 2.11. The maximum absolute atomic E-state index is 13.5. The average Bonchev–Trinajstić information content (AvgIpc) is 2.42. The number of halogens is 3. The van der Waals surface area contributed by atoms with Crippen LogP contribution in [0.4, 0.5) is 20.4 Å². The molecule has 0 radical (unpaired) electrons. The van der Waals surface area contributed by atoms with E-state index in [1.54, 1.807) is 0 Å². The van der Waals surface area contributed by atoms with Crippen molar-refractivity contribution < 1.29 is 8.78 Å². The van der Waals surface area contributed by atoms with Gasteiger partial charge in [-0.1, -0.05) is 6.07 Å². The Hall–Kier alpha value is -1.76. The minimum atomic E-state index is -0.594. The van der Waals surface area contributed by atoms with Crippen molar-refractivity contribution in [1.29, 1.82) is 0 Å². The molecule has 0 saturated carbocycles. The van der Waals surface area contributed by atoms with Crippen LogP contribution in [0.15, 0.2) is 29.0 Å². The molecule has 0 fully saturated rings. The van der Waals surface area contributed by atoms with Crippen LogP contribution in [-0.2, 0) is 6.54 Å². The fraction of sp³-hybridized carbons (Fsp3) is 0.231. The minimum absolute atomic E-state index is 0.202. The first-order valence-corrected chi connectivity index (χ1v) is 6.83. The summed E-state index contributed by atoms with van der Waals surface area (Å²) < 4.78 is 27.0. The summed E-state index contributed by atoms with van der Waals surface area (Å²) in [5.74, 6) is 0.0164. The summed E-state index contributed by atoms with van der Waals surface area (Å²) >= 11 is 3.38. The zero-order chi connectivity index (χ0) is 14.5. The second-order valence-corrected chi connectivity index (χ2v) is 4.80. The fourth-order valence-electron chi connectivity index (χ4n) is 1.63. The normalized spacial score (nSPS) is 10.4. The maximum Gasteiger partial charge on any atom is 0.146 e. The zero-order valence-electron chi connectivity index (χ0n) is 10.8. The Morgan fingerprint density at radius 1 is 1.15 bits per heavy atom. The smallest absolute Gasteiger partial charge is 0.146 e. The van der Waals surface area contributed by atoms with E-state index >= 15 is 0 Å². The molecule has 2 rings (SSSR count). The summed E-state index contributed by atoms with van der Waals surface area (Å²) in [6, 6.07) is 3.48. The molecule has 0 saturated heterocycles. The van der Waals surface area contributed by atoms with E-state index in [1.165, 1.54) is 18.5 Å². The van der Waals surface area contributed by atoms with Gasteiger partial charge in [-0.3, -0.25) is 0 Å². The van der Waals surface area contributed by atoms with Crippen molar-refractivity contribution in [1.82, 2.24) is 9.97 Å². The van der Waals surface area contributed by atoms with Gasteiger partial charge in [0.2, 0.25) is 0 Å². The van der Waals surface area contributed by atoms with E-state index in [0.29, 0.717) is 21.7 Å². The van der Waals surface area contributed by atoms with E-state index in [4.69, 9.17) is 0 Å². The molecule has 0 amide bonds. The highest BCUT2D eigenvalue weighted by Crippen LogP contribution is 2.26. The summed E-state index contributed by atoms with van der Waals surface area (Å²) in [5, 5.41) is 6.06. The molecule has 0 aliphatic rings. The van der Waals surface area contributed by atoms with Crippen LogP contribution < -0.4 is 10.6 Å². The molecule has 20 heavy (non-hydrogen) atoms. The molecule has 1 aromatic carbocycles. The molecule has 0 aliphatic heterocycles. The van der Waals surface area contributed by atoms with Crippen molar-refractivity contribution in [3.63, 3.8) is 0 Å². The summed E-state index contributed by atoms with van der Waals surface area (Å²) in [7, 11) is 0. The molecule has 0 atom stereocenters. The first-order chi connectivity index (χ1) is 9.61. The molecule has 4 nitrogen and oxygen atoms in total. The maximum atomic E-state index is 13.5. The summed E-state index contributed by atoms with van der Waals surface area (Å²) in [5.41, 5.74) is 0.363. The molecule has 0 aliphatic carbocycles. The van der Waals surface area contributed by atoms with E-state index in [9.17, 15) is 8.78 Å². The van der Waals surface area contributed by atoms with E-state index in [-0.39, 0.29) is 6.54 Å². The second kappa shape index (κ2) is 6.60. The molecule has 2 N–H and O–H groups in total. The van der Waals surface area contributed by atoms with Crippen LogP contribution in [0.5, 0.6) is 0 Å². The van der Waals surface area contributed by atoms with E-state index in [0.717, 1.165) is 12.6 Å². The van der Waals surface area contributed by atoms with Gasteiger partial charge in [0, 0.05) is 24.7 Å². The van der Waals surface area contributed by atoms with Crippen molar-refractivity contribution >= 4 is 27.6 Å². The van der Waals surface area contributed by atoms with Crippen LogP contribution in [0.25, 0.3) is 0 Å². The van der Waals surface area contributed by atoms with E-state index in [2.05, 4.69) is 36.5 Å². The number of hydrogen-bond donors (Lipinski definition) is 2. The van der Waals surface area contributed by atoms with Crippen molar-refractivity contribution in [2.45, 2.75) is 13.5 Å². The number of nitrogens with one attached hydrogen (secondary N) is 2. The van der Waals surface area contributed by atoms with Gasteiger partial charge < -0.3 is 10.6 Å². The first-order valence-electron chi connectivity index (χ1n) is 6.04.